The van der Waals surface area contributed by atoms with Crippen molar-refractivity contribution in [1.82, 2.24) is 4.90 Å². The Morgan fingerprint density at radius 1 is 0.903 bits per heavy atom. The lowest BCUT2D eigenvalue weighted by molar-refractivity contribution is -0.121. The normalized spacial score (nSPS) is 15.0. The zero-order valence-corrected chi connectivity index (χ0v) is 18.0. The van der Waals surface area contributed by atoms with E-state index in [1.165, 1.54) is 11.1 Å². The van der Waals surface area contributed by atoms with Crippen molar-refractivity contribution in [1.29, 1.82) is 0 Å². The van der Waals surface area contributed by atoms with Crippen LogP contribution in [0.3, 0.4) is 0 Å². The number of carbonyl (C=O) groups is 1. The third kappa shape index (κ3) is 5.33. The van der Waals surface area contributed by atoms with Gasteiger partial charge in [0.1, 0.15) is 5.75 Å². The van der Waals surface area contributed by atoms with E-state index >= 15 is 0 Å². The number of hydrogen-bond donors (Lipinski definition) is 1. The van der Waals surface area contributed by atoms with Crippen LogP contribution < -0.4 is 10.1 Å². The lowest BCUT2D eigenvalue weighted by atomic mass is 9.91. The minimum Gasteiger partial charge on any atom is -0.494 e. The first-order chi connectivity index (χ1) is 15.2. The standard InChI is InChI=1S/C27H30N2O2/c1-2-31-25-15-13-24(14-16-25)28-27(30)23-17-19-29(20-18-23)26(21-9-5-3-6-10-21)22-11-7-4-8-12-22/h3-16,23,26H,2,17-20H2,1H3,(H,28,30). The van der Waals surface area contributed by atoms with Crippen LogP contribution in [0.1, 0.15) is 36.9 Å². The minimum absolute atomic E-state index is 0.0371. The van der Waals surface area contributed by atoms with E-state index in [1.807, 2.05) is 31.2 Å². The Hall–Kier alpha value is -3.11. The van der Waals surface area contributed by atoms with Gasteiger partial charge >= 0.3 is 0 Å². The molecule has 0 spiro atoms. The van der Waals surface area contributed by atoms with Crippen LogP contribution in [0.15, 0.2) is 84.9 Å². The molecule has 3 aromatic carbocycles. The Balaban J connectivity index is 1.40. The molecular formula is C27H30N2O2. The highest BCUT2D eigenvalue weighted by Crippen LogP contribution is 2.32. The zero-order valence-electron chi connectivity index (χ0n) is 18.0. The molecule has 4 rings (SSSR count). The zero-order chi connectivity index (χ0) is 21.5. The number of anilines is 1. The Morgan fingerprint density at radius 3 is 1.97 bits per heavy atom. The summed E-state index contributed by atoms with van der Waals surface area (Å²) >= 11 is 0. The van der Waals surface area contributed by atoms with Crippen molar-refractivity contribution in [3.63, 3.8) is 0 Å². The number of nitrogens with zero attached hydrogens (tertiary/aromatic N) is 1. The molecule has 4 nitrogen and oxygen atoms in total. The van der Waals surface area contributed by atoms with E-state index in [9.17, 15) is 4.79 Å². The second-order valence-corrected chi connectivity index (χ2v) is 7.98. The van der Waals surface area contributed by atoms with Gasteiger partial charge in [0.05, 0.1) is 12.6 Å². The van der Waals surface area contributed by atoms with E-state index in [0.717, 1.165) is 37.4 Å². The maximum atomic E-state index is 12.8. The maximum absolute atomic E-state index is 12.8. The number of likely N-dealkylation sites (tertiary alicyclic amines) is 1. The predicted molar refractivity (Wildman–Crippen MR) is 125 cm³/mol. The summed E-state index contributed by atoms with van der Waals surface area (Å²) in [6, 6.07) is 29.1. The van der Waals surface area contributed by atoms with Gasteiger partial charge in [0, 0.05) is 11.6 Å². The monoisotopic (exact) mass is 414 g/mol. The molecule has 0 saturated carbocycles. The highest BCUT2D eigenvalue weighted by Gasteiger charge is 2.30. The number of hydrogen-bond acceptors (Lipinski definition) is 3. The summed E-state index contributed by atoms with van der Waals surface area (Å²) < 4.78 is 5.47. The number of benzene rings is 3. The van der Waals surface area contributed by atoms with Crippen LogP contribution in [-0.2, 0) is 4.79 Å². The molecule has 1 heterocycles. The van der Waals surface area contributed by atoms with Gasteiger partial charge in [-0.15, -0.1) is 0 Å². The quantitative estimate of drug-likeness (QED) is 0.553. The number of piperidine rings is 1. The Bertz CT molecular complexity index is 910. The van der Waals surface area contributed by atoms with Gasteiger partial charge in [0.25, 0.3) is 0 Å². The number of ether oxygens (including phenoxy) is 1. The van der Waals surface area contributed by atoms with Gasteiger partial charge in [0.15, 0.2) is 0 Å². The highest BCUT2D eigenvalue weighted by molar-refractivity contribution is 5.92. The predicted octanol–water partition coefficient (Wildman–Crippen LogP) is 5.53. The molecular weight excluding hydrogens is 384 g/mol. The topological polar surface area (TPSA) is 41.6 Å². The van der Waals surface area contributed by atoms with Gasteiger partial charge < -0.3 is 10.1 Å². The van der Waals surface area contributed by atoms with Crippen LogP contribution in [0, 0.1) is 5.92 Å². The van der Waals surface area contributed by atoms with Crippen molar-refractivity contribution in [2.24, 2.45) is 5.92 Å². The molecule has 160 valence electrons. The number of amides is 1. The van der Waals surface area contributed by atoms with E-state index in [1.54, 1.807) is 0 Å². The van der Waals surface area contributed by atoms with Crippen LogP contribution >= 0.6 is 0 Å². The molecule has 4 heteroatoms. The maximum Gasteiger partial charge on any atom is 0.227 e. The van der Waals surface area contributed by atoms with E-state index in [-0.39, 0.29) is 17.9 Å². The van der Waals surface area contributed by atoms with Crippen molar-refractivity contribution in [3.05, 3.63) is 96.1 Å². The van der Waals surface area contributed by atoms with Gasteiger partial charge in [-0.05, 0) is 68.2 Å². The molecule has 1 fully saturated rings. The second kappa shape index (κ2) is 10.3. The summed E-state index contributed by atoms with van der Waals surface area (Å²) in [5.74, 6) is 0.969. The van der Waals surface area contributed by atoms with Crippen LogP contribution in [0.4, 0.5) is 5.69 Å². The molecule has 1 aliphatic rings. The fourth-order valence-corrected chi connectivity index (χ4v) is 4.35. The molecule has 0 unspecified atom stereocenters. The van der Waals surface area contributed by atoms with E-state index < -0.39 is 0 Å². The number of carbonyl (C=O) groups excluding carboxylic acids is 1. The average molecular weight is 415 g/mol. The Kier molecular flexibility index (Phi) is 7.00. The summed E-state index contributed by atoms with van der Waals surface area (Å²) in [5.41, 5.74) is 3.42. The molecule has 31 heavy (non-hydrogen) atoms. The van der Waals surface area contributed by atoms with E-state index in [4.69, 9.17) is 4.74 Å². The summed E-state index contributed by atoms with van der Waals surface area (Å²) in [6.45, 7) is 4.39. The van der Waals surface area contributed by atoms with Crippen LogP contribution in [0.25, 0.3) is 0 Å². The van der Waals surface area contributed by atoms with Gasteiger partial charge in [-0.3, -0.25) is 9.69 Å². The fraction of sp³-hybridized carbons (Fsp3) is 0.296. The van der Waals surface area contributed by atoms with Crippen molar-refractivity contribution >= 4 is 11.6 Å². The number of nitrogens with one attached hydrogen (secondary N) is 1. The highest BCUT2D eigenvalue weighted by atomic mass is 16.5. The molecule has 0 bridgehead atoms. The average Bonchev–Trinajstić information content (AvgIpc) is 2.82. The van der Waals surface area contributed by atoms with Gasteiger partial charge in [-0.2, -0.15) is 0 Å². The molecule has 0 atom stereocenters. The fourth-order valence-electron chi connectivity index (χ4n) is 4.35. The first-order valence-corrected chi connectivity index (χ1v) is 11.1. The lowest BCUT2D eigenvalue weighted by Crippen LogP contribution is -2.40. The smallest absolute Gasteiger partial charge is 0.227 e. The Labute approximate surface area is 184 Å². The first-order valence-electron chi connectivity index (χ1n) is 11.1. The molecule has 0 aliphatic carbocycles. The second-order valence-electron chi connectivity index (χ2n) is 7.98. The first kappa shape index (κ1) is 21.1. The molecule has 0 aromatic heterocycles. The summed E-state index contributed by atoms with van der Waals surface area (Å²) in [4.78, 5) is 15.3. The molecule has 1 N–H and O–H groups in total. The Morgan fingerprint density at radius 2 is 1.45 bits per heavy atom. The molecule has 1 amide bonds. The van der Waals surface area contributed by atoms with Crippen LogP contribution in [0.2, 0.25) is 0 Å². The molecule has 1 aliphatic heterocycles. The third-order valence-electron chi connectivity index (χ3n) is 5.93. The number of rotatable bonds is 7. The van der Waals surface area contributed by atoms with E-state index in [0.29, 0.717) is 6.61 Å². The van der Waals surface area contributed by atoms with Crippen molar-refractivity contribution in [2.45, 2.75) is 25.8 Å². The van der Waals surface area contributed by atoms with E-state index in [2.05, 4.69) is 70.9 Å². The molecule has 1 saturated heterocycles. The lowest BCUT2D eigenvalue weighted by Gasteiger charge is -2.37. The third-order valence-corrected chi connectivity index (χ3v) is 5.93. The van der Waals surface area contributed by atoms with Crippen molar-refractivity contribution in [3.8, 4) is 5.75 Å². The minimum atomic E-state index is 0.0371. The summed E-state index contributed by atoms with van der Waals surface area (Å²) in [6.07, 6.45) is 1.72. The van der Waals surface area contributed by atoms with Crippen molar-refractivity contribution < 1.29 is 9.53 Å². The summed E-state index contributed by atoms with van der Waals surface area (Å²) in [7, 11) is 0. The van der Waals surface area contributed by atoms with Crippen LogP contribution in [-0.4, -0.2) is 30.5 Å². The van der Waals surface area contributed by atoms with Crippen molar-refractivity contribution in [2.75, 3.05) is 25.0 Å². The van der Waals surface area contributed by atoms with Gasteiger partial charge in [-0.1, -0.05) is 60.7 Å². The van der Waals surface area contributed by atoms with Gasteiger partial charge in [0.2, 0.25) is 5.91 Å². The SMILES string of the molecule is CCOc1ccc(NC(=O)C2CCN(C(c3ccccc3)c3ccccc3)CC2)cc1. The summed E-state index contributed by atoms with van der Waals surface area (Å²) in [5, 5.41) is 3.08. The van der Waals surface area contributed by atoms with Gasteiger partial charge in [-0.25, -0.2) is 0 Å². The molecule has 3 aromatic rings. The van der Waals surface area contributed by atoms with Crippen LogP contribution in [0.5, 0.6) is 5.75 Å². The molecule has 0 radical (unpaired) electrons. The largest absolute Gasteiger partial charge is 0.494 e.